The van der Waals surface area contributed by atoms with Crippen molar-refractivity contribution in [3.05, 3.63) is 28.2 Å². The van der Waals surface area contributed by atoms with Gasteiger partial charge in [-0.25, -0.2) is 4.68 Å². The van der Waals surface area contributed by atoms with E-state index in [1.807, 2.05) is 0 Å². The van der Waals surface area contributed by atoms with Gasteiger partial charge in [-0.05, 0) is 31.7 Å². The first-order valence-electron chi connectivity index (χ1n) is 6.53. The molecule has 0 bridgehead atoms. The van der Waals surface area contributed by atoms with Crippen LogP contribution in [0.1, 0.15) is 18.5 Å². The maximum Gasteiger partial charge on any atom is 0.267 e. The molecule has 6 heteroatoms. The van der Waals surface area contributed by atoms with Gasteiger partial charge in [-0.15, -0.1) is 0 Å². The number of aliphatic hydroxyl groups excluding tert-OH is 1. The number of hydrogen-bond acceptors (Lipinski definition) is 4. The average molecular weight is 265 g/mol. The second kappa shape index (κ2) is 5.97. The Balaban J connectivity index is 2.04. The Kier molecular flexibility index (Phi) is 4.31. The lowest BCUT2D eigenvalue weighted by atomic mass is 9.99. The van der Waals surface area contributed by atoms with Gasteiger partial charge in [0, 0.05) is 25.8 Å². The Labute approximate surface area is 111 Å². The van der Waals surface area contributed by atoms with Crippen LogP contribution < -0.4 is 5.56 Å². The molecule has 2 heterocycles. The maximum atomic E-state index is 12.1. The minimum atomic E-state index is -0.269. The Morgan fingerprint density at radius 3 is 3.05 bits per heavy atom. The predicted octanol–water partition coefficient (Wildman–Crippen LogP) is -0.217. The van der Waals surface area contributed by atoms with Crippen LogP contribution in [0.25, 0.3) is 0 Å². The summed E-state index contributed by atoms with van der Waals surface area (Å²) >= 11 is 0. The van der Waals surface area contributed by atoms with Gasteiger partial charge in [0.2, 0.25) is 5.91 Å². The van der Waals surface area contributed by atoms with Gasteiger partial charge in [0.05, 0.1) is 5.69 Å². The van der Waals surface area contributed by atoms with E-state index >= 15 is 0 Å². The quantitative estimate of drug-likeness (QED) is 0.820. The number of nitrogens with zero attached hydrogens (tertiary/aromatic N) is 3. The maximum absolute atomic E-state index is 12.1. The highest BCUT2D eigenvalue weighted by Gasteiger charge is 2.23. The van der Waals surface area contributed by atoms with Crippen molar-refractivity contribution in [1.29, 1.82) is 0 Å². The smallest absolute Gasteiger partial charge is 0.267 e. The summed E-state index contributed by atoms with van der Waals surface area (Å²) in [5, 5.41) is 13.2. The molecule has 1 saturated heterocycles. The van der Waals surface area contributed by atoms with E-state index in [1.54, 1.807) is 17.9 Å². The zero-order valence-electron chi connectivity index (χ0n) is 11.1. The fourth-order valence-electron chi connectivity index (χ4n) is 2.33. The van der Waals surface area contributed by atoms with E-state index < -0.39 is 0 Å². The zero-order chi connectivity index (χ0) is 13.8. The molecule has 2 rings (SSSR count). The fraction of sp³-hybridized carbons (Fsp3) is 0.615. The lowest BCUT2D eigenvalue weighted by Crippen LogP contribution is -2.43. The van der Waals surface area contributed by atoms with Crippen molar-refractivity contribution in [2.24, 2.45) is 5.92 Å². The van der Waals surface area contributed by atoms with Gasteiger partial charge < -0.3 is 10.0 Å². The van der Waals surface area contributed by atoms with Crippen LogP contribution >= 0.6 is 0 Å². The molecule has 1 aromatic rings. The first-order valence-corrected chi connectivity index (χ1v) is 6.53. The Hall–Kier alpha value is -1.69. The molecule has 0 aromatic carbocycles. The van der Waals surface area contributed by atoms with E-state index in [1.165, 1.54) is 10.7 Å². The second-order valence-corrected chi connectivity index (χ2v) is 5.00. The van der Waals surface area contributed by atoms with Crippen molar-refractivity contribution in [2.75, 3.05) is 19.7 Å². The molecule has 6 nitrogen and oxygen atoms in total. The topological polar surface area (TPSA) is 75.4 Å². The molecule has 1 amide bonds. The van der Waals surface area contributed by atoms with Gasteiger partial charge >= 0.3 is 0 Å². The summed E-state index contributed by atoms with van der Waals surface area (Å²) < 4.78 is 1.19. The van der Waals surface area contributed by atoms with E-state index in [-0.39, 0.29) is 30.5 Å². The summed E-state index contributed by atoms with van der Waals surface area (Å²) in [5.41, 5.74) is 0.439. The number of rotatable bonds is 3. The molecule has 1 atom stereocenters. The number of aliphatic hydroxyl groups is 1. The third-order valence-corrected chi connectivity index (χ3v) is 3.41. The third-order valence-electron chi connectivity index (χ3n) is 3.41. The molecule has 1 unspecified atom stereocenters. The van der Waals surface area contributed by atoms with Crippen LogP contribution in [0.5, 0.6) is 0 Å². The highest BCUT2D eigenvalue weighted by atomic mass is 16.3. The van der Waals surface area contributed by atoms with Crippen molar-refractivity contribution in [3.8, 4) is 0 Å². The number of amides is 1. The lowest BCUT2D eigenvalue weighted by molar-refractivity contribution is -0.134. The average Bonchev–Trinajstić information content (AvgIpc) is 2.43. The molecule has 1 N–H and O–H groups in total. The highest BCUT2D eigenvalue weighted by Crippen LogP contribution is 2.15. The molecule has 104 valence electrons. The summed E-state index contributed by atoms with van der Waals surface area (Å²) in [6.45, 7) is 3.11. The highest BCUT2D eigenvalue weighted by molar-refractivity contribution is 5.76. The van der Waals surface area contributed by atoms with E-state index in [0.29, 0.717) is 18.8 Å². The molecule has 0 radical (unpaired) electrons. The van der Waals surface area contributed by atoms with Crippen molar-refractivity contribution in [3.63, 3.8) is 0 Å². The Morgan fingerprint density at radius 2 is 2.32 bits per heavy atom. The Bertz CT molecular complexity index is 512. The van der Waals surface area contributed by atoms with Crippen molar-refractivity contribution in [2.45, 2.75) is 26.3 Å². The molecule has 1 fully saturated rings. The summed E-state index contributed by atoms with van der Waals surface area (Å²) in [4.78, 5) is 25.4. The number of carbonyl (C=O) groups excluding carboxylic acids is 1. The number of aryl methyl sites for hydroxylation is 1. The lowest BCUT2D eigenvalue weighted by Gasteiger charge is -2.31. The summed E-state index contributed by atoms with van der Waals surface area (Å²) in [5.74, 6) is 0.0400. The Morgan fingerprint density at radius 1 is 1.53 bits per heavy atom. The second-order valence-electron chi connectivity index (χ2n) is 5.00. The zero-order valence-corrected chi connectivity index (χ0v) is 11.1. The van der Waals surface area contributed by atoms with Crippen molar-refractivity contribution < 1.29 is 9.90 Å². The number of hydrogen-bond donors (Lipinski definition) is 1. The van der Waals surface area contributed by atoms with Crippen molar-refractivity contribution >= 4 is 5.91 Å². The number of carbonyl (C=O) groups is 1. The third kappa shape index (κ3) is 3.41. The fourth-order valence-corrected chi connectivity index (χ4v) is 2.33. The molecule has 0 saturated carbocycles. The van der Waals surface area contributed by atoms with E-state index in [0.717, 1.165) is 12.8 Å². The number of likely N-dealkylation sites (tertiary alicyclic amines) is 1. The van der Waals surface area contributed by atoms with Gasteiger partial charge in [0.15, 0.2) is 0 Å². The van der Waals surface area contributed by atoms with Crippen molar-refractivity contribution in [1.82, 2.24) is 14.7 Å². The van der Waals surface area contributed by atoms with Crippen LogP contribution in [-0.4, -0.2) is 45.4 Å². The molecular formula is C13H19N3O3. The standard InChI is InChI=1S/C13H19N3O3/c1-10-4-5-12(18)16(14-10)8-13(19)15-6-2-3-11(7-15)9-17/h4-5,11,17H,2-3,6-9H2,1H3. The van der Waals surface area contributed by atoms with Crippen LogP contribution in [0.4, 0.5) is 0 Å². The van der Waals surface area contributed by atoms with Crippen LogP contribution in [0, 0.1) is 12.8 Å². The van der Waals surface area contributed by atoms with Crippen LogP contribution in [-0.2, 0) is 11.3 Å². The summed E-state index contributed by atoms with van der Waals surface area (Å²) in [6.07, 6.45) is 1.84. The monoisotopic (exact) mass is 265 g/mol. The minimum Gasteiger partial charge on any atom is -0.396 e. The minimum absolute atomic E-state index is 0.0291. The van der Waals surface area contributed by atoms with Crippen LogP contribution in [0.3, 0.4) is 0 Å². The van der Waals surface area contributed by atoms with Crippen LogP contribution in [0.2, 0.25) is 0 Å². The predicted molar refractivity (Wildman–Crippen MR) is 69.6 cm³/mol. The number of piperidine rings is 1. The van der Waals surface area contributed by atoms with E-state index in [9.17, 15) is 9.59 Å². The SMILES string of the molecule is Cc1ccc(=O)n(CC(=O)N2CCCC(CO)C2)n1. The van der Waals surface area contributed by atoms with E-state index in [4.69, 9.17) is 5.11 Å². The summed E-state index contributed by atoms with van der Waals surface area (Å²) in [7, 11) is 0. The van der Waals surface area contributed by atoms with Gasteiger partial charge in [-0.1, -0.05) is 0 Å². The molecule has 0 aliphatic carbocycles. The van der Waals surface area contributed by atoms with Gasteiger partial charge in [-0.3, -0.25) is 9.59 Å². The molecule has 0 spiro atoms. The first kappa shape index (κ1) is 13.7. The molecule has 19 heavy (non-hydrogen) atoms. The van der Waals surface area contributed by atoms with Gasteiger partial charge in [0.1, 0.15) is 6.54 Å². The molecule has 1 aromatic heterocycles. The molecule has 1 aliphatic rings. The molecular weight excluding hydrogens is 246 g/mol. The van der Waals surface area contributed by atoms with Crippen LogP contribution in [0.15, 0.2) is 16.9 Å². The van der Waals surface area contributed by atoms with E-state index in [2.05, 4.69) is 5.10 Å². The number of aromatic nitrogens is 2. The normalized spacial score (nSPS) is 19.5. The van der Waals surface area contributed by atoms with Gasteiger partial charge in [0.25, 0.3) is 5.56 Å². The first-order chi connectivity index (χ1) is 9.10. The molecule has 1 aliphatic heterocycles. The largest absolute Gasteiger partial charge is 0.396 e. The van der Waals surface area contributed by atoms with Gasteiger partial charge in [-0.2, -0.15) is 5.10 Å². The summed E-state index contributed by atoms with van der Waals surface area (Å²) in [6, 6.07) is 3.05.